The molecule has 1 unspecified atom stereocenters. The van der Waals surface area contributed by atoms with Crippen molar-refractivity contribution in [1.82, 2.24) is 4.98 Å². The zero-order valence-corrected chi connectivity index (χ0v) is 19.9. The quantitative estimate of drug-likeness (QED) is 0.433. The van der Waals surface area contributed by atoms with Crippen LogP contribution in [-0.2, 0) is 14.9 Å². The number of ether oxygens (including phenoxy) is 2. The maximum Gasteiger partial charge on any atom is 0.294 e. The number of halogens is 2. The largest absolute Gasteiger partial charge is 0.465 e. The highest BCUT2D eigenvalue weighted by Crippen LogP contribution is 2.24. The summed E-state index contributed by atoms with van der Waals surface area (Å²) in [6.45, 7) is 2.57. The Morgan fingerprint density at radius 1 is 1.09 bits per heavy atom. The summed E-state index contributed by atoms with van der Waals surface area (Å²) in [5.41, 5.74) is 0.956. The summed E-state index contributed by atoms with van der Waals surface area (Å²) in [6.07, 6.45) is 6.33. The summed E-state index contributed by atoms with van der Waals surface area (Å²) in [5, 5.41) is 0. The molecule has 1 N–H and O–H groups in total. The highest BCUT2D eigenvalue weighted by Gasteiger charge is 2.15. The Hall–Kier alpha value is -2.33. The molecule has 1 aromatic heterocycles. The van der Waals surface area contributed by atoms with E-state index in [4.69, 9.17) is 14.0 Å². The lowest BCUT2D eigenvalue weighted by Crippen LogP contribution is -2.24. The molecule has 1 fully saturated rings. The monoisotopic (exact) mass is 525 g/mol. The van der Waals surface area contributed by atoms with Crippen LogP contribution in [0, 0.1) is 12.7 Å². The third-order valence-corrected chi connectivity index (χ3v) is 5.69. The van der Waals surface area contributed by atoms with Gasteiger partial charge in [0.1, 0.15) is 11.6 Å². The van der Waals surface area contributed by atoms with Crippen LogP contribution in [0.4, 0.5) is 4.39 Å². The van der Waals surface area contributed by atoms with Crippen LogP contribution in [0.5, 0.6) is 5.75 Å². The number of pyridine rings is 1. The summed E-state index contributed by atoms with van der Waals surface area (Å²) in [4.78, 5) is 3.72. The van der Waals surface area contributed by atoms with Crippen molar-refractivity contribution in [2.24, 2.45) is 0 Å². The fraction of sp³-hybridized carbons (Fsp3) is 0.261. The zero-order valence-electron chi connectivity index (χ0n) is 17.5. The molecule has 0 aliphatic carbocycles. The molecule has 4 rings (SSSR count). The van der Waals surface area contributed by atoms with Gasteiger partial charge in [0, 0.05) is 24.9 Å². The van der Waals surface area contributed by atoms with Crippen LogP contribution in [0.25, 0.3) is 0 Å². The van der Waals surface area contributed by atoms with Crippen LogP contribution >= 0.6 is 15.9 Å². The predicted molar refractivity (Wildman–Crippen MR) is 124 cm³/mol. The van der Waals surface area contributed by atoms with Gasteiger partial charge in [0.2, 0.25) is 0 Å². The van der Waals surface area contributed by atoms with Crippen molar-refractivity contribution in [2.45, 2.75) is 37.4 Å². The Balaban J connectivity index is 0.000000187. The van der Waals surface area contributed by atoms with Crippen LogP contribution in [0.2, 0.25) is 0 Å². The number of hydrogen-bond donors (Lipinski definition) is 1. The van der Waals surface area contributed by atoms with E-state index in [0.29, 0.717) is 10.2 Å². The third-order valence-electron chi connectivity index (χ3n) is 4.18. The second-order valence-electron chi connectivity index (χ2n) is 6.80. The van der Waals surface area contributed by atoms with Gasteiger partial charge in [-0.3, -0.25) is 9.54 Å². The molecular formula is C23H25BrFNO5S. The Bertz CT molecular complexity index is 1020. The summed E-state index contributed by atoms with van der Waals surface area (Å²) in [6, 6.07) is 16.4. The standard InChI is InChI=1S/C11H12BrFO2.C7H8O3S.C5H5N/c12-9-5-4-8(7-10(9)13)15-11-3-1-2-6-14-11;1-6-2-4-7(5-3-6)11(8,9)10;1-2-4-6-5-3-1/h4-5,7,11H,1-3,6H2;2-5H,1H3,(H,8,9,10);1-5H. The zero-order chi connectivity index (χ0) is 23.4. The number of nitrogens with zero attached hydrogens (tertiary/aromatic N) is 1. The molecule has 32 heavy (non-hydrogen) atoms. The van der Waals surface area contributed by atoms with Gasteiger partial charge in [-0.1, -0.05) is 23.8 Å². The molecule has 0 radical (unpaired) electrons. The third kappa shape index (κ3) is 9.86. The first-order valence-corrected chi connectivity index (χ1v) is 12.1. The van der Waals surface area contributed by atoms with Gasteiger partial charge in [-0.25, -0.2) is 4.39 Å². The number of benzene rings is 2. The van der Waals surface area contributed by atoms with E-state index in [1.807, 2.05) is 25.1 Å². The minimum absolute atomic E-state index is 0.0666. The second kappa shape index (κ2) is 13.3. The van der Waals surface area contributed by atoms with Gasteiger partial charge in [0.15, 0.2) is 6.29 Å². The summed E-state index contributed by atoms with van der Waals surface area (Å²) < 4.78 is 54.1. The summed E-state index contributed by atoms with van der Waals surface area (Å²) >= 11 is 3.09. The molecule has 0 saturated carbocycles. The second-order valence-corrected chi connectivity index (χ2v) is 9.08. The lowest BCUT2D eigenvalue weighted by atomic mass is 10.2. The fourth-order valence-corrected chi connectivity index (χ4v) is 3.26. The van der Waals surface area contributed by atoms with Gasteiger partial charge < -0.3 is 9.47 Å². The summed E-state index contributed by atoms with van der Waals surface area (Å²) in [7, 11) is -4.02. The Morgan fingerprint density at radius 2 is 1.78 bits per heavy atom. The van der Waals surface area contributed by atoms with Gasteiger partial charge >= 0.3 is 0 Å². The van der Waals surface area contributed by atoms with Crippen LogP contribution < -0.4 is 4.74 Å². The van der Waals surface area contributed by atoms with Gasteiger partial charge in [-0.05, 0) is 72.1 Å². The minimum atomic E-state index is -4.02. The van der Waals surface area contributed by atoms with Crippen LogP contribution in [0.1, 0.15) is 24.8 Å². The summed E-state index contributed by atoms with van der Waals surface area (Å²) in [5.74, 6) is 0.200. The maximum absolute atomic E-state index is 13.2. The molecule has 1 saturated heterocycles. The molecule has 1 atom stereocenters. The van der Waals surface area contributed by atoms with E-state index in [1.165, 1.54) is 18.2 Å². The topological polar surface area (TPSA) is 85.7 Å². The number of aromatic nitrogens is 1. The van der Waals surface area contributed by atoms with E-state index >= 15 is 0 Å². The average Bonchev–Trinajstić information content (AvgIpc) is 2.79. The lowest BCUT2D eigenvalue weighted by Gasteiger charge is -2.23. The fourth-order valence-electron chi connectivity index (χ4n) is 2.53. The maximum atomic E-state index is 13.2. The first kappa shape index (κ1) is 25.9. The van der Waals surface area contributed by atoms with E-state index in [0.717, 1.165) is 31.4 Å². The Labute approximate surface area is 196 Å². The minimum Gasteiger partial charge on any atom is -0.465 e. The van der Waals surface area contributed by atoms with E-state index in [2.05, 4.69) is 20.9 Å². The molecule has 1 aliphatic rings. The normalized spacial score (nSPS) is 15.4. The number of rotatable bonds is 3. The number of aryl methyl sites for hydroxylation is 1. The van der Waals surface area contributed by atoms with Crippen molar-refractivity contribution in [3.63, 3.8) is 0 Å². The molecular weight excluding hydrogens is 501 g/mol. The van der Waals surface area contributed by atoms with Crippen LogP contribution in [-0.4, -0.2) is 30.9 Å². The molecule has 2 heterocycles. The first-order chi connectivity index (χ1) is 15.3. The van der Waals surface area contributed by atoms with Crippen molar-refractivity contribution >= 4 is 26.0 Å². The Morgan fingerprint density at radius 3 is 2.25 bits per heavy atom. The van der Waals surface area contributed by atoms with Crippen molar-refractivity contribution in [2.75, 3.05) is 6.61 Å². The highest BCUT2D eigenvalue weighted by atomic mass is 79.9. The molecule has 1 aliphatic heterocycles. The van der Waals surface area contributed by atoms with Gasteiger partial charge in [-0.15, -0.1) is 0 Å². The van der Waals surface area contributed by atoms with Crippen LogP contribution in [0.15, 0.2) is 82.4 Å². The molecule has 2 aromatic carbocycles. The number of hydrogen-bond acceptors (Lipinski definition) is 5. The van der Waals surface area contributed by atoms with Crippen LogP contribution in [0.3, 0.4) is 0 Å². The molecule has 6 nitrogen and oxygen atoms in total. The molecule has 0 spiro atoms. The first-order valence-electron chi connectivity index (χ1n) is 9.88. The smallest absolute Gasteiger partial charge is 0.294 e. The molecule has 3 aromatic rings. The molecule has 172 valence electrons. The lowest BCUT2D eigenvalue weighted by molar-refractivity contribution is -0.106. The molecule has 0 bridgehead atoms. The highest BCUT2D eigenvalue weighted by molar-refractivity contribution is 9.10. The van der Waals surface area contributed by atoms with Crippen molar-refractivity contribution in [1.29, 1.82) is 0 Å². The van der Waals surface area contributed by atoms with E-state index in [9.17, 15) is 12.8 Å². The van der Waals surface area contributed by atoms with E-state index in [-0.39, 0.29) is 17.0 Å². The average molecular weight is 526 g/mol. The Kier molecular flexibility index (Phi) is 10.8. The van der Waals surface area contributed by atoms with Gasteiger partial charge in [0.05, 0.1) is 16.0 Å². The van der Waals surface area contributed by atoms with Crippen molar-refractivity contribution in [3.05, 3.63) is 88.9 Å². The SMILES string of the molecule is Cc1ccc(S(=O)(=O)O)cc1.Fc1cc(OC2CCCCO2)ccc1Br.c1ccncc1. The molecule has 0 amide bonds. The molecule has 9 heteroatoms. The van der Waals surface area contributed by atoms with Crippen molar-refractivity contribution in [3.8, 4) is 5.75 Å². The van der Waals surface area contributed by atoms with Gasteiger partial charge in [0.25, 0.3) is 10.1 Å². The van der Waals surface area contributed by atoms with E-state index in [1.54, 1.807) is 36.7 Å². The predicted octanol–water partition coefficient (Wildman–Crippen LogP) is 5.82. The van der Waals surface area contributed by atoms with E-state index < -0.39 is 10.1 Å². The van der Waals surface area contributed by atoms with Crippen molar-refractivity contribution < 1.29 is 26.8 Å². The van der Waals surface area contributed by atoms with Gasteiger partial charge in [-0.2, -0.15) is 8.42 Å².